The largest absolute Gasteiger partial charge is 0.394 e. The average Bonchev–Trinajstić information content (AvgIpc) is 2.81. The highest BCUT2D eigenvalue weighted by Gasteiger charge is 2.13. The van der Waals surface area contributed by atoms with Crippen LogP contribution >= 0.6 is 22.9 Å². The van der Waals surface area contributed by atoms with Gasteiger partial charge in [0.05, 0.1) is 12.6 Å². The molecule has 0 saturated heterocycles. The zero-order valence-electron chi connectivity index (χ0n) is 9.73. The maximum Gasteiger partial charge on any atom is 0.235 e. The number of thiophene rings is 1. The van der Waals surface area contributed by atoms with E-state index in [4.69, 9.17) is 11.6 Å². The van der Waals surface area contributed by atoms with Gasteiger partial charge >= 0.3 is 0 Å². The third-order valence-corrected chi connectivity index (χ3v) is 3.99. The van der Waals surface area contributed by atoms with Crippen LogP contribution < -0.4 is 5.32 Å². The number of fused-ring (bicyclic) bond motifs is 1. The standard InChI is InChI=1S/C13H14ClNO2S/c14-6-13(17)15-10(7-16)5-9-8-18-12-4-2-1-3-11(9)12/h1-4,8,10,16H,5-7H2,(H,15,17). The molecule has 0 fully saturated rings. The summed E-state index contributed by atoms with van der Waals surface area (Å²) in [4.78, 5) is 11.2. The number of carbonyl (C=O) groups excluding carboxylic acids is 1. The van der Waals surface area contributed by atoms with Gasteiger partial charge in [0.15, 0.2) is 0 Å². The van der Waals surface area contributed by atoms with Crippen molar-refractivity contribution in [2.24, 2.45) is 0 Å². The van der Waals surface area contributed by atoms with Crippen molar-refractivity contribution in [1.82, 2.24) is 5.32 Å². The fraction of sp³-hybridized carbons (Fsp3) is 0.308. The Balaban J connectivity index is 2.14. The third kappa shape index (κ3) is 3.02. The summed E-state index contributed by atoms with van der Waals surface area (Å²) in [6.07, 6.45) is 0.614. The zero-order valence-corrected chi connectivity index (χ0v) is 11.3. The lowest BCUT2D eigenvalue weighted by Gasteiger charge is -2.15. The second-order valence-corrected chi connectivity index (χ2v) is 5.22. The average molecular weight is 284 g/mol. The molecule has 2 aromatic rings. The first kappa shape index (κ1) is 13.3. The van der Waals surface area contributed by atoms with E-state index in [1.165, 1.54) is 10.1 Å². The van der Waals surface area contributed by atoms with Crippen molar-refractivity contribution >= 4 is 38.9 Å². The minimum absolute atomic E-state index is 0.0825. The molecule has 0 aliphatic carbocycles. The maximum absolute atomic E-state index is 11.2. The Labute approximate surface area is 114 Å². The summed E-state index contributed by atoms with van der Waals surface area (Å²) in [5, 5.41) is 15.2. The lowest BCUT2D eigenvalue weighted by molar-refractivity contribution is -0.119. The Morgan fingerprint density at radius 3 is 2.94 bits per heavy atom. The van der Waals surface area contributed by atoms with Crippen LogP contribution in [0.1, 0.15) is 5.56 Å². The highest BCUT2D eigenvalue weighted by molar-refractivity contribution is 7.17. The van der Waals surface area contributed by atoms with Crippen molar-refractivity contribution in [2.45, 2.75) is 12.5 Å². The predicted molar refractivity (Wildman–Crippen MR) is 75.3 cm³/mol. The number of carbonyl (C=O) groups is 1. The monoisotopic (exact) mass is 283 g/mol. The first-order valence-electron chi connectivity index (χ1n) is 5.66. The van der Waals surface area contributed by atoms with Crippen molar-refractivity contribution in [3.05, 3.63) is 35.2 Å². The minimum Gasteiger partial charge on any atom is -0.394 e. The quantitative estimate of drug-likeness (QED) is 0.826. The maximum atomic E-state index is 11.2. The van der Waals surface area contributed by atoms with E-state index in [1.807, 2.05) is 12.1 Å². The first-order valence-corrected chi connectivity index (χ1v) is 7.07. The number of alkyl halides is 1. The number of rotatable bonds is 5. The normalized spacial score (nSPS) is 12.6. The summed E-state index contributed by atoms with van der Waals surface area (Å²) < 4.78 is 1.22. The number of hydrogen-bond acceptors (Lipinski definition) is 3. The van der Waals surface area contributed by atoms with Gasteiger partial charge in [-0.2, -0.15) is 0 Å². The van der Waals surface area contributed by atoms with Gasteiger partial charge in [0.1, 0.15) is 5.88 Å². The highest BCUT2D eigenvalue weighted by atomic mass is 35.5. The molecule has 0 aliphatic rings. The fourth-order valence-electron chi connectivity index (χ4n) is 1.88. The van der Waals surface area contributed by atoms with E-state index >= 15 is 0 Å². The number of aliphatic hydroxyl groups excluding tert-OH is 1. The molecule has 0 bridgehead atoms. The molecular weight excluding hydrogens is 270 g/mol. The van der Waals surface area contributed by atoms with Gasteiger partial charge in [-0.3, -0.25) is 4.79 Å². The molecule has 1 atom stereocenters. The van der Waals surface area contributed by atoms with Crippen LogP contribution in [0.5, 0.6) is 0 Å². The van der Waals surface area contributed by atoms with Crippen LogP contribution in [0.4, 0.5) is 0 Å². The molecule has 5 heteroatoms. The van der Waals surface area contributed by atoms with Gasteiger partial charge < -0.3 is 10.4 Å². The Morgan fingerprint density at radius 2 is 2.22 bits per heavy atom. The number of halogens is 1. The van der Waals surface area contributed by atoms with Crippen molar-refractivity contribution in [1.29, 1.82) is 0 Å². The molecule has 2 rings (SSSR count). The molecule has 0 radical (unpaired) electrons. The second kappa shape index (κ2) is 6.18. The van der Waals surface area contributed by atoms with E-state index < -0.39 is 0 Å². The van der Waals surface area contributed by atoms with E-state index in [9.17, 15) is 9.90 Å². The molecule has 0 spiro atoms. The molecule has 0 aliphatic heterocycles. The highest BCUT2D eigenvalue weighted by Crippen LogP contribution is 2.26. The topological polar surface area (TPSA) is 49.3 Å². The molecular formula is C13H14ClNO2S. The van der Waals surface area contributed by atoms with Crippen LogP contribution in [0.3, 0.4) is 0 Å². The summed E-state index contributed by atoms with van der Waals surface area (Å²) in [7, 11) is 0. The molecule has 18 heavy (non-hydrogen) atoms. The van der Waals surface area contributed by atoms with E-state index in [2.05, 4.69) is 22.8 Å². The van der Waals surface area contributed by atoms with E-state index in [1.54, 1.807) is 11.3 Å². The fourth-order valence-corrected chi connectivity index (χ4v) is 2.94. The SMILES string of the molecule is O=C(CCl)NC(CO)Cc1csc2ccccc12. The van der Waals surface area contributed by atoms with Crippen LogP contribution in [-0.2, 0) is 11.2 Å². The predicted octanol–water partition coefficient (Wildman–Crippen LogP) is 2.16. The van der Waals surface area contributed by atoms with E-state index in [0.29, 0.717) is 6.42 Å². The summed E-state index contributed by atoms with van der Waals surface area (Å²) in [5.41, 5.74) is 1.14. The molecule has 0 saturated carbocycles. The van der Waals surface area contributed by atoms with Gasteiger partial charge in [0.2, 0.25) is 5.91 Å². The number of benzene rings is 1. The van der Waals surface area contributed by atoms with E-state index in [-0.39, 0.29) is 24.4 Å². The Hall–Kier alpha value is -1.10. The lowest BCUT2D eigenvalue weighted by Crippen LogP contribution is -2.39. The van der Waals surface area contributed by atoms with Crippen molar-refractivity contribution in [3.8, 4) is 0 Å². The molecule has 1 aromatic carbocycles. The molecule has 3 nitrogen and oxygen atoms in total. The van der Waals surface area contributed by atoms with Gasteiger partial charge in [-0.05, 0) is 28.8 Å². The van der Waals surface area contributed by atoms with Gasteiger partial charge in [0, 0.05) is 4.70 Å². The zero-order chi connectivity index (χ0) is 13.0. The van der Waals surface area contributed by atoms with Crippen LogP contribution in [-0.4, -0.2) is 29.5 Å². The lowest BCUT2D eigenvalue weighted by atomic mass is 10.1. The van der Waals surface area contributed by atoms with Gasteiger partial charge in [0.25, 0.3) is 0 Å². The Bertz CT molecular complexity index is 541. The van der Waals surface area contributed by atoms with Gasteiger partial charge in [-0.15, -0.1) is 22.9 Å². The summed E-state index contributed by atoms with van der Waals surface area (Å²) in [6, 6.07) is 7.83. The number of nitrogens with one attached hydrogen (secondary N) is 1. The van der Waals surface area contributed by atoms with Gasteiger partial charge in [-0.1, -0.05) is 18.2 Å². The van der Waals surface area contributed by atoms with Crippen molar-refractivity contribution in [3.63, 3.8) is 0 Å². The first-order chi connectivity index (χ1) is 8.74. The molecule has 1 amide bonds. The summed E-state index contributed by atoms with van der Waals surface area (Å²) >= 11 is 7.11. The van der Waals surface area contributed by atoms with Crippen LogP contribution in [0.25, 0.3) is 10.1 Å². The van der Waals surface area contributed by atoms with Crippen LogP contribution in [0.15, 0.2) is 29.6 Å². The van der Waals surface area contributed by atoms with E-state index in [0.717, 1.165) is 5.56 Å². The van der Waals surface area contributed by atoms with Crippen molar-refractivity contribution in [2.75, 3.05) is 12.5 Å². The number of hydrogen-bond donors (Lipinski definition) is 2. The van der Waals surface area contributed by atoms with Crippen LogP contribution in [0, 0.1) is 0 Å². The second-order valence-electron chi connectivity index (χ2n) is 4.04. The molecule has 96 valence electrons. The number of amides is 1. The minimum atomic E-state index is -0.283. The molecule has 2 N–H and O–H groups in total. The van der Waals surface area contributed by atoms with Crippen LogP contribution in [0.2, 0.25) is 0 Å². The Kier molecular flexibility index (Phi) is 4.58. The smallest absolute Gasteiger partial charge is 0.235 e. The van der Waals surface area contributed by atoms with Gasteiger partial charge in [-0.25, -0.2) is 0 Å². The summed E-state index contributed by atoms with van der Waals surface area (Å²) in [6.45, 7) is -0.0905. The molecule has 1 heterocycles. The summed E-state index contributed by atoms with van der Waals surface area (Å²) in [5.74, 6) is -0.337. The third-order valence-electron chi connectivity index (χ3n) is 2.73. The number of aliphatic hydroxyl groups is 1. The molecule has 1 unspecified atom stereocenters. The van der Waals surface area contributed by atoms with Crippen molar-refractivity contribution < 1.29 is 9.90 Å². The Morgan fingerprint density at radius 1 is 1.44 bits per heavy atom. The molecule has 1 aromatic heterocycles.